The maximum atomic E-state index is 13.7. The second-order valence-electron chi connectivity index (χ2n) is 5.28. The predicted molar refractivity (Wildman–Crippen MR) is 65.6 cm³/mol. The number of amides is 1. The van der Waals surface area contributed by atoms with Gasteiger partial charge in [-0.25, -0.2) is 4.39 Å². The zero-order valence-electron chi connectivity index (χ0n) is 11.6. The van der Waals surface area contributed by atoms with Crippen molar-refractivity contribution in [1.29, 1.82) is 0 Å². The van der Waals surface area contributed by atoms with E-state index in [1.165, 1.54) is 0 Å². The van der Waals surface area contributed by atoms with Gasteiger partial charge in [0.15, 0.2) is 0 Å². The zero-order valence-corrected chi connectivity index (χ0v) is 11.6. The first-order valence-electron chi connectivity index (χ1n) is 6.72. The Balaban J connectivity index is 2.33. The SMILES string of the molecule is O=C1CCC[C@@H](C(F)(F)F)N1Cc1cc(C(F)(F)F)ccc1F. The van der Waals surface area contributed by atoms with Crippen molar-refractivity contribution < 1.29 is 35.5 Å². The summed E-state index contributed by atoms with van der Waals surface area (Å²) in [5.74, 6) is -1.94. The summed E-state index contributed by atoms with van der Waals surface area (Å²) < 4.78 is 90.5. The van der Waals surface area contributed by atoms with Crippen molar-refractivity contribution in [2.75, 3.05) is 0 Å². The molecule has 1 amide bonds. The van der Waals surface area contributed by atoms with Gasteiger partial charge < -0.3 is 4.90 Å². The summed E-state index contributed by atoms with van der Waals surface area (Å²) in [5.41, 5.74) is -1.77. The molecule has 1 aliphatic heterocycles. The third-order valence-electron chi connectivity index (χ3n) is 3.66. The fourth-order valence-electron chi connectivity index (χ4n) is 2.51. The van der Waals surface area contributed by atoms with E-state index in [0.717, 1.165) is 0 Å². The molecule has 1 atom stereocenters. The van der Waals surface area contributed by atoms with Gasteiger partial charge in [0.05, 0.1) is 5.56 Å². The Bertz CT molecular complexity index is 594. The molecule has 0 aromatic heterocycles. The number of hydrogen-bond acceptors (Lipinski definition) is 1. The molecular weight excluding hydrogens is 331 g/mol. The highest BCUT2D eigenvalue weighted by Gasteiger charge is 2.47. The fourth-order valence-corrected chi connectivity index (χ4v) is 2.51. The van der Waals surface area contributed by atoms with Gasteiger partial charge in [0, 0.05) is 18.5 Å². The van der Waals surface area contributed by atoms with Crippen molar-refractivity contribution in [2.24, 2.45) is 0 Å². The van der Waals surface area contributed by atoms with Gasteiger partial charge in [-0.15, -0.1) is 0 Å². The molecule has 1 aromatic rings. The van der Waals surface area contributed by atoms with Crippen LogP contribution in [-0.4, -0.2) is 23.0 Å². The van der Waals surface area contributed by atoms with E-state index in [1.807, 2.05) is 0 Å². The van der Waals surface area contributed by atoms with Crippen molar-refractivity contribution in [3.05, 3.63) is 35.1 Å². The average Bonchev–Trinajstić information content (AvgIpc) is 2.40. The topological polar surface area (TPSA) is 20.3 Å². The van der Waals surface area contributed by atoms with Crippen molar-refractivity contribution in [1.82, 2.24) is 4.90 Å². The number of carbonyl (C=O) groups is 1. The van der Waals surface area contributed by atoms with Crippen LogP contribution in [0.25, 0.3) is 0 Å². The summed E-state index contributed by atoms with van der Waals surface area (Å²) in [6.45, 7) is -0.848. The minimum Gasteiger partial charge on any atom is -0.326 e. The Labute approximate surface area is 126 Å². The molecule has 1 aromatic carbocycles. The third-order valence-corrected chi connectivity index (χ3v) is 3.66. The van der Waals surface area contributed by atoms with Crippen LogP contribution in [0.15, 0.2) is 18.2 Å². The molecule has 0 spiro atoms. The average molecular weight is 343 g/mol. The van der Waals surface area contributed by atoms with Gasteiger partial charge in [0.25, 0.3) is 0 Å². The van der Waals surface area contributed by atoms with Crippen LogP contribution in [0.3, 0.4) is 0 Å². The van der Waals surface area contributed by atoms with E-state index in [2.05, 4.69) is 0 Å². The molecule has 23 heavy (non-hydrogen) atoms. The van der Waals surface area contributed by atoms with E-state index in [4.69, 9.17) is 0 Å². The summed E-state index contributed by atoms with van der Waals surface area (Å²) in [6, 6.07) is -0.643. The van der Waals surface area contributed by atoms with Crippen LogP contribution >= 0.6 is 0 Å². The Morgan fingerprint density at radius 1 is 1.13 bits per heavy atom. The quantitative estimate of drug-likeness (QED) is 0.734. The first-order valence-corrected chi connectivity index (χ1v) is 6.72. The standard InChI is InChI=1S/C14H12F7NO/c15-10-5-4-9(13(16,17)18)6-8(10)7-22-11(14(19,20)21)2-1-3-12(22)23/h4-6,11H,1-3,7H2/t11-/m0/s1. The number of piperidine rings is 1. The van der Waals surface area contributed by atoms with Gasteiger partial charge >= 0.3 is 12.4 Å². The molecule has 0 N–H and O–H groups in total. The van der Waals surface area contributed by atoms with E-state index >= 15 is 0 Å². The molecule has 1 heterocycles. The molecule has 0 unspecified atom stereocenters. The van der Waals surface area contributed by atoms with E-state index in [0.29, 0.717) is 23.1 Å². The van der Waals surface area contributed by atoms with Crippen molar-refractivity contribution in [3.63, 3.8) is 0 Å². The highest BCUT2D eigenvalue weighted by molar-refractivity contribution is 5.77. The number of halogens is 7. The normalized spacial score (nSPS) is 20.0. The first kappa shape index (κ1) is 17.6. The lowest BCUT2D eigenvalue weighted by atomic mass is 9.99. The minimum absolute atomic E-state index is 0.0323. The van der Waals surface area contributed by atoms with Crippen molar-refractivity contribution in [3.8, 4) is 0 Å². The second kappa shape index (κ2) is 6.01. The molecular formula is C14H12F7NO. The van der Waals surface area contributed by atoms with Crippen LogP contribution in [-0.2, 0) is 17.5 Å². The number of carbonyl (C=O) groups excluding carboxylic acids is 1. The molecule has 0 saturated carbocycles. The molecule has 128 valence electrons. The van der Waals surface area contributed by atoms with Crippen molar-refractivity contribution in [2.45, 2.75) is 44.2 Å². The largest absolute Gasteiger partial charge is 0.416 e. The van der Waals surface area contributed by atoms with Crippen LogP contribution in [0.2, 0.25) is 0 Å². The van der Waals surface area contributed by atoms with E-state index in [9.17, 15) is 35.5 Å². The Hall–Kier alpha value is -1.80. The summed E-state index contributed by atoms with van der Waals surface area (Å²) in [4.78, 5) is 12.1. The maximum absolute atomic E-state index is 13.7. The van der Waals surface area contributed by atoms with Crippen LogP contribution in [0.5, 0.6) is 0 Å². The number of likely N-dealkylation sites (tertiary alicyclic amines) is 1. The van der Waals surface area contributed by atoms with Crippen molar-refractivity contribution >= 4 is 5.91 Å². The Morgan fingerprint density at radius 3 is 2.35 bits per heavy atom. The molecule has 2 nitrogen and oxygen atoms in total. The van der Waals surface area contributed by atoms with Gasteiger partial charge in [-0.2, -0.15) is 26.3 Å². The van der Waals surface area contributed by atoms with Crippen LogP contribution in [0, 0.1) is 5.82 Å². The number of hydrogen-bond donors (Lipinski definition) is 0. The first-order chi connectivity index (χ1) is 10.5. The smallest absolute Gasteiger partial charge is 0.326 e. The van der Waals surface area contributed by atoms with Gasteiger partial charge in [-0.3, -0.25) is 4.79 Å². The summed E-state index contributed by atoms with van der Waals surface area (Å²) in [5, 5.41) is 0. The highest BCUT2D eigenvalue weighted by atomic mass is 19.4. The molecule has 1 aliphatic rings. The Morgan fingerprint density at radius 2 is 1.78 bits per heavy atom. The zero-order chi connectivity index (χ0) is 17.4. The molecule has 0 aliphatic carbocycles. The van der Waals surface area contributed by atoms with Gasteiger partial charge in [-0.05, 0) is 31.0 Å². The second-order valence-corrected chi connectivity index (χ2v) is 5.28. The van der Waals surface area contributed by atoms with Crippen LogP contribution in [0.1, 0.15) is 30.4 Å². The third kappa shape index (κ3) is 3.94. The lowest BCUT2D eigenvalue weighted by Gasteiger charge is -2.36. The molecule has 9 heteroatoms. The fraction of sp³-hybridized carbons (Fsp3) is 0.500. The monoisotopic (exact) mass is 343 g/mol. The van der Waals surface area contributed by atoms with Crippen LogP contribution < -0.4 is 0 Å². The number of nitrogens with zero attached hydrogens (tertiary/aromatic N) is 1. The number of alkyl halides is 6. The lowest BCUT2D eigenvalue weighted by molar-refractivity contribution is -0.198. The highest BCUT2D eigenvalue weighted by Crippen LogP contribution is 2.35. The lowest BCUT2D eigenvalue weighted by Crippen LogP contribution is -2.50. The summed E-state index contributed by atoms with van der Waals surface area (Å²) >= 11 is 0. The Kier molecular flexibility index (Phi) is 4.59. The minimum atomic E-state index is -4.75. The predicted octanol–water partition coefficient (Wildman–Crippen LogP) is 4.29. The molecule has 1 fully saturated rings. The number of benzene rings is 1. The van der Waals surface area contributed by atoms with E-state index in [1.54, 1.807) is 0 Å². The van der Waals surface area contributed by atoms with Gasteiger partial charge in [0.1, 0.15) is 11.9 Å². The van der Waals surface area contributed by atoms with Crippen LogP contribution in [0.4, 0.5) is 30.7 Å². The maximum Gasteiger partial charge on any atom is 0.416 e. The molecule has 0 radical (unpaired) electrons. The van der Waals surface area contributed by atoms with Gasteiger partial charge in [0.2, 0.25) is 5.91 Å². The summed E-state index contributed by atoms with van der Waals surface area (Å²) in [6.07, 6.45) is -9.93. The summed E-state index contributed by atoms with van der Waals surface area (Å²) in [7, 11) is 0. The molecule has 1 saturated heterocycles. The van der Waals surface area contributed by atoms with E-state index < -0.39 is 47.8 Å². The molecule has 2 rings (SSSR count). The van der Waals surface area contributed by atoms with E-state index in [-0.39, 0.29) is 19.3 Å². The number of rotatable bonds is 2. The molecule has 0 bridgehead atoms. The van der Waals surface area contributed by atoms with Gasteiger partial charge in [-0.1, -0.05) is 0 Å².